The van der Waals surface area contributed by atoms with Gasteiger partial charge in [-0.15, -0.1) is 0 Å². The van der Waals surface area contributed by atoms with Crippen LogP contribution in [0.1, 0.15) is 16.8 Å². The smallest absolute Gasteiger partial charge is 0.128 e. The molecule has 0 spiro atoms. The number of aromatic nitrogens is 2. The van der Waals surface area contributed by atoms with Crippen LogP contribution in [0.5, 0.6) is 0 Å². The highest BCUT2D eigenvalue weighted by atomic mass is 35.5. The Kier molecular flexibility index (Phi) is 3.63. The molecule has 0 aliphatic heterocycles. The number of nitrogens with two attached hydrogens (primary N) is 1. The molecule has 2 aromatic rings. The van der Waals surface area contributed by atoms with Crippen molar-refractivity contribution in [2.75, 3.05) is 0 Å². The van der Waals surface area contributed by atoms with E-state index in [1.165, 1.54) is 12.3 Å². The summed E-state index contributed by atoms with van der Waals surface area (Å²) in [7, 11) is 0. The van der Waals surface area contributed by atoms with Crippen LogP contribution in [0.4, 0.5) is 4.39 Å². The van der Waals surface area contributed by atoms with Gasteiger partial charge >= 0.3 is 0 Å². The zero-order valence-electron chi connectivity index (χ0n) is 9.65. The Morgan fingerprint density at radius 3 is 2.83 bits per heavy atom. The van der Waals surface area contributed by atoms with Crippen molar-refractivity contribution in [2.24, 2.45) is 5.73 Å². The van der Waals surface area contributed by atoms with Crippen molar-refractivity contribution in [3.63, 3.8) is 0 Å². The minimum Gasteiger partial charge on any atom is -0.389 e. The summed E-state index contributed by atoms with van der Waals surface area (Å²) in [5, 5.41) is 4.64. The predicted molar refractivity (Wildman–Crippen MR) is 73.4 cm³/mol. The van der Waals surface area contributed by atoms with E-state index < -0.39 is 0 Å². The van der Waals surface area contributed by atoms with Crippen molar-refractivity contribution in [1.82, 2.24) is 9.78 Å². The minimum atomic E-state index is -0.318. The van der Waals surface area contributed by atoms with E-state index in [9.17, 15) is 4.39 Å². The van der Waals surface area contributed by atoms with Crippen LogP contribution < -0.4 is 5.73 Å². The van der Waals surface area contributed by atoms with E-state index in [0.29, 0.717) is 22.7 Å². The Morgan fingerprint density at radius 1 is 1.56 bits per heavy atom. The minimum absolute atomic E-state index is 0.242. The monoisotopic (exact) mass is 283 g/mol. The van der Waals surface area contributed by atoms with E-state index >= 15 is 0 Å². The van der Waals surface area contributed by atoms with E-state index in [4.69, 9.17) is 29.6 Å². The zero-order chi connectivity index (χ0) is 13.3. The molecule has 0 fully saturated rings. The van der Waals surface area contributed by atoms with Gasteiger partial charge in [-0.05, 0) is 25.1 Å². The molecule has 0 radical (unpaired) electrons. The van der Waals surface area contributed by atoms with Crippen molar-refractivity contribution in [2.45, 2.75) is 13.5 Å². The lowest BCUT2D eigenvalue weighted by atomic mass is 10.1. The van der Waals surface area contributed by atoms with E-state index in [0.717, 1.165) is 5.69 Å². The Bertz CT molecular complexity index is 609. The van der Waals surface area contributed by atoms with E-state index in [1.54, 1.807) is 16.8 Å². The molecule has 1 heterocycles. The molecule has 0 amide bonds. The second-order valence-electron chi connectivity index (χ2n) is 3.91. The third kappa shape index (κ3) is 2.52. The number of thiocarbonyl (C=S) groups is 1. The van der Waals surface area contributed by atoms with Gasteiger partial charge in [0.2, 0.25) is 0 Å². The summed E-state index contributed by atoms with van der Waals surface area (Å²) < 4.78 is 15.3. The normalized spacial score (nSPS) is 10.6. The lowest BCUT2D eigenvalue weighted by molar-refractivity contribution is 0.580. The summed E-state index contributed by atoms with van der Waals surface area (Å²) in [6.07, 6.45) is 1.53. The molecule has 3 nitrogen and oxygen atoms in total. The molecular formula is C12H11ClFN3S. The lowest BCUT2D eigenvalue weighted by Crippen LogP contribution is -2.12. The fourth-order valence-corrected chi connectivity index (χ4v) is 1.86. The van der Waals surface area contributed by atoms with Crippen LogP contribution in [-0.4, -0.2) is 14.8 Å². The Labute approximate surface area is 114 Å². The maximum atomic E-state index is 13.7. The molecular weight excluding hydrogens is 273 g/mol. The van der Waals surface area contributed by atoms with Crippen LogP contribution in [0.2, 0.25) is 5.02 Å². The molecule has 0 atom stereocenters. The van der Waals surface area contributed by atoms with Gasteiger partial charge in [-0.1, -0.05) is 23.8 Å². The molecule has 0 bridgehead atoms. The molecule has 1 aromatic carbocycles. The van der Waals surface area contributed by atoms with Crippen LogP contribution in [0.15, 0.2) is 24.4 Å². The Balaban J connectivity index is 2.36. The van der Waals surface area contributed by atoms with Crippen molar-refractivity contribution in [1.29, 1.82) is 0 Å². The summed E-state index contributed by atoms with van der Waals surface area (Å²) in [5.41, 5.74) is 7.43. The highest BCUT2D eigenvalue weighted by Gasteiger charge is 2.09. The highest BCUT2D eigenvalue weighted by molar-refractivity contribution is 7.80. The van der Waals surface area contributed by atoms with Gasteiger partial charge in [0.05, 0.1) is 23.5 Å². The molecule has 18 heavy (non-hydrogen) atoms. The molecule has 1 aromatic heterocycles. The molecule has 6 heteroatoms. The SMILES string of the molecule is Cc1c(Cl)cnn1Cc1cc(C(N)=S)ccc1F. The van der Waals surface area contributed by atoms with Gasteiger partial charge in [0.1, 0.15) is 10.8 Å². The predicted octanol–water partition coefficient (Wildman–Crippen LogP) is 2.67. The van der Waals surface area contributed by atoms with Gasteiger partial charge in [-0.3, -0.25) is 4.68 Å². The van der Waals surface area contributed by atoms with Crippen LogP contribution in [0.25, 0.3) is 0 Å². The first-order valence-electron chi connectivity index (χ1n) is 5.25. The summed E-state index contributed by atoms with van der Waals surface area (Å²) in [4.78, 5) is 0.242. The van der Waals surface area contributed by atoms with Crippen LogP contribution >= 0.6 is 23.8 Å². The molecule has 0 aliphatic rings. The lowest BCUT2D eigenvalue weighted by Gasteiger charge is -2.08. The first-order chi connectivity index (χ1) is 8.49. The molecule has 2 rings (SSSR count). The van der Waals surface area contributed by atoms with Crippen LogP contribution in [0, 0.1) is 12.7 Å². The van der Waals surface area contributed by atoms with Crippen molar-refractivity contribution in [3.8, 4) is 0 Å². The van der Waals surface area contributed by atoms with E-state index in [-0.39, 0.29) is 10.8 Å². The largest absolute Gasteiger partial charge is 0.389 e. The quantitative estimate of drug-likeness (QED) is 0.881. The Hall–Kier alpha value is -1.46. The van der Waals surface area contributed by atoms with Crippen molar-refractivity contribution >= 4 is 28.8 Å². The van der Waals surface area contributed by atoms with Crippen molar-refractivity contribution < 1.29 is 4.39 Å². The molecule has 0 unspecified atom stereocenters. The third-order valence-corrected chi connectivity index (χ3v) is 3.30. The summed E-state index contributed by atoms with van der Waals surface area (Å²) in [6, 6.07) is 4.54. The number of rotatable bonds is 3. The first-order valence-corrected chi connectivity index (χ1v) is 6.04. The molecule has 2 N–H and O–H groups in total. The number of halogens is 2. The summed E-state index contributed by atoms with van der Waals surface area (Å²) >= 11 is 10.8. The van der Waals surface area contributed by atoms with Crippen LogP contribution in [0.3, 0.4) is 0 Å². The molecule has 0 aliphatic carbocycles. The number of nitrogens with zero attached hydrogens (tertiary/aromatic N) is 2. The van der Waals surface area contributed by atoms with Gasteiger partial charge in [-0.25, -0.2) is 4.39 Å². The van der Waals surface area contributed by atoms with Gasteiger partial charge in [-0.2, -0.15) is 5.10 Å². The van der Waals surface area contributed by atoms with E-state index in [2.05, 4.69) is 5.10 Å². The summed E-state index contributed by atoms with van der Waals surface area (Å²) in [5.74, 6) is -0.318. The molecule has 0 saturated carbocycles. The second-order valence-corrected chi connectivity index (χ2v) is 4.75. The maximum Gasteiger partial charge on any atom is 0.128 e. The summed E-state index contributed by atoms with van der Waals surface area (Å²) in [6.45, 7) is 2.12. The van der Waals surface area contributed by atoms with Crippen LogP contribution in [-0.2, 0) is 6.54 Å². The van der Waals surface area contributed by atoms with Gasteiger partial charge in [0, 0.05) is 11.1 Å². The van der Waals surface area contributed by atoms with Gasteiger partial charge in [0.25, 0.3) is 0 Å². The van der Waals surface area contributed by atoms with E-state index in [1.807, 2.05) is 6.92 Å². The number of hydrogen-bond acceptors (Lipinski definition) is 2. The van der Waals surface area contributed by atoms with Gasteiger partial charge < -0.3 is 5.73 Å². The fourth-order valence-electron chi connectivity index (χ4n) is 1.59. The first kappa shape index (κ1) is 13.0. The topological polar surface area (TPSA) is 43.8 Å². The second kappa shape index (κ2) is 5.04. The van der Waals surface area contributed by atoms with Crippen molar-refractivity contribution in [3.05, 3.63) is 52.1 Å². The standard InChI is InChI=1S/C12H11ClFN3S/c1-7-10(13)5-16-17(7)6-9-4-8(12(15)18)2-3-11(9)14/h2-5H,6H2,1H3,(H2,15,18). The molecule has 0 saturated heterocycles. The number of benzene rings is 1. The average molecular weight is 284 g/mol. The third-order valence-electron chi connectivity index (χ3n) is 2.69. The molecule has 94 valence electrons. The number of hydrogen-bond donors (Lipinski definition) is 1. The maximum absolute atomic E-state index is 13.7. The Morgan fingerprint density at radius 2 is 2.28 bits per heavy atom. The average Bonchev–Trinajstić information content (AvgIpc) is 2.63. The van der Waals surface area contributed by atoms with Gasteiger partial charge in [0.15, 0.2) is 0 Å². The zero-order valence-corrected chi connectivity index (χ0v) is 11.2. The fraction of sp³-hybridized carbons (Fsp3) is 0.167. The highest BCUT2D eigenvalue weighted by Crippen LogP contribution is 2.17.